The SMILES string of the molecule is CCCCOCCCCOC(=O)c1ccc(C(Cc2ncc(-c3ccc([N+](=O)[O-])cc3)[nH]2)NC(=O)Cc2ccc(OC)cc2)cc1. The number of nitro groups is 1. The number of aromatic amines is 1. The minimum atomic E-state index is -0.459. The van der Waals surface area contributed by atoms with Gasteiger partial charge in [-0.1, -0.05) is 37.6 Å². The van der Waals surface area contributed by atoms with Crippen LogP contribution in [0.1, 0.15) is 66.0 Å². The van der Waals surface area contributed by atoms with Crippen molar-refractivity contribution in [2.75, 3.05) is 26.9 Å². The molecule has 0 aliphatic carbocycles. The monoisotopic (exact) mass is 628 g/mol. The van der Waals surface area contributed by atoms with Gasteiger partial charge in [-0.05, 0) is 66.8 Å². The number of aromatic nitrogens is 2. The van der Waals surface area contributed by atoms with Crippen molar-refractivity contribution >= 4 is 17.6 Å². The molecule has 0 saturated heterocycles. The minimum absolute atomic E-state index is 0.00265. The van der Waals surface area contributed by atoms with Crippen molar-refractivity contribution in [3.8, 4) is 17.0 Å². The fourth-order valence-corrected chi connectivity index (χ4v) is 4.75. The summed E-state index contributed by atoms with van der Waals surface area (Å²) in [6.07, 6.45) is 5.86. The van der Waals surface area contributed by atoms with E-state index in [0.29, 0.717) is 42.5 Å². The van der Waals surface area contributed by atoms with Gasteiger partial charge in [0.15, 0.2) is 0 Å². The molecular weight excluding hydrogens is 588 g/mol. The Balaban J connectivity index is 1.42. The number of methoxy groups -OCH3 is 1. The maximum absolute atomic E-state index is 13.2. The highest BCUT2D eigenvalue weighted by atomic mass is 16.6. The number of rotatable bonds is 18. The van der Waals surface area contributed by atoms with Crippen LogP contribution in [0.3, 0.4) is 0 Å². The Morgan fingerprint density at radius 1 is 0.935 bits per heavy atom. The predicted molar refractivity (Wildman–Crippen MR) is 174 cm³/mol. The summed E-state index contributed by atoms with van der Waals surface area (Å²) in [6.45, 7) is 3.85. The van der Waals surface area contributed by atoms with Crippen molar-refractivity contribution in [3.63, 3.8) is 0 Å². The van der Waals surface area contributed by atoms with Gasteiger partial charge >= 0.3 is 5.97 Å². The molecule has 2 N–H and O–H groups in total. The standard InChI is InChI=1S/C35H40N4O7/c1-3-4-19-45-20-5-6-21-46-35(41)28-11-9-26(10-12-28)31(38-34(40)22-25-7-17-30(44-2)18-8-25)23-33-36-24-32(37-33)27-13-15-29(16-14-27)39(42)43/h7-18,24,31H,3-6,19-23H2,1-2H3,(H,36,37)(H,38,40). The van der Waals surface area contributed by atoms with Crippen molar-refractivity contribution in [1.29, 1.82) is 0 Å². The number of ether oxygens (including phenoxy) is 3. The predicted octanol–water partition coefficient (Wildman–Crippen LogP) is 6.39. The number of hydrogen-bond donors (Lipinski definition) is 2. The maximum Gasteiger partial charge on any atom is 0.338 e. The first-order valence-corrected chi connectivity index (χ1v) is 15.4. The normalized spacial score (nSPS) is 11.5. The first-order valence-electron chi connectivity index (χ1n) is 15.4. The Morgan fingerprint density at radius 2 is 1.63 bits per heavy atom. The van der Waals surface area contributed by atoms with Crippen LogP contribution in [0.25, 0.3) is 11.3 Å². The van der Waals surface area contributed by atoms with E-state index in [1.54, 1.807) is 49.7 Å². The van der Waals surface area contributed by atoms with Gasteiger partial charge in [-0.25, -0.2) is 9.78 Å². The molecule has 0 saturated carbocycles. The number of esters is 1. The summed E-state index contributed by atoms with van der Waals surface area (Å²) in [6, 6.07) is 20.0. The zero-order chi connectivity index (χ0) is 32.7. The number of hydrogen-bond acceptors (Lipinski definition) is 8. The molecule has 1 amide bonds. The van der Waals surface area contributed by atoms with E-state index in [4.69, 9.17) is 14.2 Å². The molecule has 11 nitrogen and oxygen atoms in total. The lowest BCUT2D eigenvalue weighted by molar-refractivity contribution is -0.384. The van der Waals surface area contributed by atoms with Crippen molar-refractivity contribution < 1.29 is 28.7 Å². The lowest BCUT2D eigenvalue weighted by Crippen LogP contribution is -2.31. The van der Waals surface area contributed by atoms with Gasteiger partial charge in [0.2, 0.25) is 5.91 Å². The van der Waals surface area contributed by atoms with Gasteiger partial charge in [-0.15, -0.1) is 0 Å². The molecule has 0 spiro atoms. The van der Waals surface area contributed by atoms with E-state index in [-0.39, 0.29) is 18.0 Å². The van der Waals surface area contributed by atoms with Crippen molar-refractivity contribution in [1.82, 2.24) is 15.3 Å². The van der Waals surface area contributed by atoms with Crippen LogP contribution in [0.4, 0.5) is 5.69 Å². The average Bonchev–Trinajstić information content (AvgIpc) is 3.54. The fraction of sp³-hybridized carbons (Fsp3) is 0.343. The molecule has 0 bridgehead atoms. The molecule has 46 heavy (non-hydrogen) atoms. The molecule has 1 heterocycles. The number of nitrogens with one attached hydrogen (secondary N) is 2. The Kier molecular flexibility index (Phi) is 12.8. The van der Waals surface area contributed by atoms with Crippen molar-refractivity contribution in [2.45, 2.75) is 51.5 Å². The molecule has 1 atom stereocenters. The third kappa shape index (κ3) is 10.3. The van der Waals surface area contributed by atoms with E-state index in [9.17, 15) is 19.7 Å². The Bertz CT molecular complexity index is 1550. The highest BCUT2D eigenvalue weighted by molar-refractivity contribution is 5.89. The molecule has 0 radical (unpaired) electrons. The molecule has 0 aliphatic heterocycles. The van der Waals surface area contributed by atoms with Crippen molar-refractivity contribution in [3.05, 3.63) is 112 Å². The zero-order valence-electron chi connectivity index (χ0n) is 26.2. The summed E-state index contributed by atoms with van der Waals surface area (Å²) in [5, 5.41) is 14.1. The number of non-ortho nitro benzene ring substituents is 1. The van der Waals surface area contributed by atoms with Crippen LogP contribution in [-0.4, -0.2) is 53.7 Å². The quantitative estimate of drug-likeness (QED) is 0.0558. The summed E-state index contributed by atoms with van der Waals surface area (Å²) in [4.78, 5) is 44.1. The number of imidazole rings is 1. The van der Waals surface area contributed by atoms with E-state index < -0.39 is 16.9 Å². The Morgan fingerprint density at radius 3 is 2.30 bits per heavy atom. The largest absolute Gasteiger partial charge is 0.497 e. The second-order valence-corrected chi connectivity index (χ2v) is 10.8. The van der Waals surface area contributed by atoms with Crippen LogP contribution in [0.2, 0.25) is 0 Å². The summed E-state index contributed by atoms with van der Waals surface area (Å²) in [7, 11) is 1.59. The lowest BCUT2D eigenvalue weighted by Gasteiger charge is -2.19. The maximum atomic E-state index is 13.2. The summed E-state index contributed by atoms with van der Waals surface area (Å²) in [5.74, 6) is 0.737. The molecule has 242 valence electrons. The van der Waals surface area contributed by atoms with Gasteiger partial charge in [0.1, 0.15) is 11.6 Å². The van der Waals surface area contributed by atoms with Crippen LogP contribution in [0.5, 0.6) is 5.75 Å². The van der Waals surface area contributed by atoms with Crippen LogP contribution in [0, 0.1) is 10.1 Å². The number of nitrogens with zero attached hydrogens (tertiary/aromatic N) is 2. The van der Waals surface area contributed by atoms with Crippen LogP contribution < -0.4 is 10.1 Å². The smallest absolute Gasteiger partial charge is 0.338 e. The highest BCUT2D eigenvalue weighted by Gasteiger charge is 2.19. The molecule has 1 aromatic heterocycles. The number of nitro benzene ring substituents is 1. The zero-order valence-corrected chi connectivity index (χ0v) is 26.2. The molecule has 4 rings (SSSR count). The van der Waals surface area contributed by atoms with Crippen LogP contribution in [0.15, 0.2) is 79.0 Å². The highest BCUT2D eigenvalue weighted by Crippen LogP contribution is 2.24. The van der Waals surface area contributed by atoms with Gasteiger partial charge in [0.25, 0.3) is 5.69 Å². The van der Waals surface area contributed by atoms with Gasteiger partial charge in [0.05, 0.1) is 48.6 Å². The summed E-state index contributed by atoms with van der Waals surface area (Å²) < 4.78 is 16.2. The van der Waals surface area contributed by atoms with E-state index in [1.165, 1.54) is 12.1 Å². The number of carbonyl (C=O) groups excluding carboxylic acids is 2. The average molecular weight is 629 g/mol. The van der Waals surface area contributed by atoms with E-state index in [2.05, 4.69) is 22.2 Å². The molecule has 11 heteroatoms. The molecule has 3 aromatic carbocycles. The van der Waals surface area contributed by atoms with Crippen molar-refractivity contribution in [2.24, 2.45) is 0 Å². The lowest BCUT2D eigenvalue weighted by atomic mass is 10.0. The van der Waals surface area contributed by atoms with Gasteiger partial charge < -0.3 is 24.5 Å². The van der Waals surface area contributed by atoms with Gasteiger partial charge in [-0.3, -0.25) is 14.9 Å². The first kappa shape index (κ1) is 33.9. The molecule has 1 unspecified atom stereocenters. The topological polar surface area (TPSA) is 146 Å². The number of carbonyl (C=O) groups is 2. The summed E-state index contributed by atoms with van der Waals surface area (Å²) in [5.41, 5.74) is 3.49. The van der Waals surface area contributed by atoms with E-state index >= 15 is 0 Å². The van der Waals surface area contributed by atoms with Gasteiger partial charge in [0, 0.05) is 37.3 Å². The first-order chi connectivity index (χ1) is 22.4. The van der Waals surface area contributed by atoms with E-state index in [1.807, 2.05) is 24.3 Å². The molecule has 0 fully saturated rings. The second kappa shape index (κ2) is 17.5. The van der Waals surface area contributed by atoms with Crippen LogP contribution >= 0.6 is 0 Å². The molecule has 4 aromatic rings. The second-order valence-electron chi connectivity index (χ2n) is 10.8. The van der Waals surface area contributed by atoms with E-state index in [0.717, 1.165) is 49.0 Å². The summed E-state index contributed by atoms with van der Waals surface area (Å²) >= 11 is 0. The third-order valence-electron chi connectivity index (χ3n) is 7.38. The molecular formula is C35H40N4O7. The van der Waals surface area contributed by atoms with Gasteiger partial charge in [-0.2, -0.15) is 0 Å². The number of unbranched alkanes of at least 4 members (excludes halogenated alkanes) is 2. The molecule has 0 aliphatic rings. The number of benzene rings is 3. The number of H-pyrrole nitrogens is 1. The Hall–Kier alpha value is -5.03. The minimum Gasteiger partial charge on any atom is -0.497 e. The number of amides is 1. The third-order valence-corrected chi connectivity index (χ3v) is 7.38. The Labute approximate surface area is 268 Å². The van der Waals surface area contributed by atoms with Crippen LogP contribution in [-0.2, 0) is 27.1 Å². The fourth-order valence-electron chi connectivity index (χ4n) is 4.75.